The maximum absolute atomic E-state index is 10.9. The number of hydrogen-bond acceptors (Lipinski definition) is 5. The van der Waals surface area contributed by atoms with Gasteiger partial charge in [0.1, 0.15) is 17.0 Å². The van der Waals surface area contributed by atoms with Crippen molar-refractivity contribution in [1.29, 1.82) is 0 Å². The van der Waals surface area contributed by atoms with Gasteiger partial charge in [-0.2, -0.15) is 0 Å². The van der Waals surface area contributed by atoms with Crippen LogP contribution in [-0.4, -0.2) is 17.2 Å². The molecular weight excluding hydrogens is 344 g/mol. The number of nitrogens with one attached hydrogen (secondary N) is 1. The summed E-state index contributed by atoms with van der Waals surface area (Å²) in [5, 5.41) is 17.3. The quantitative estimate of drug-likeness (QED) is 0.511. The van der Waals surface area contributed by atoms with E-state index < -0.39 is 0 Å². The summed E-state index contributed by atoms with van der Waals surface area (Å²) in [4.78, 5) is 5.46. The molecule has 0 saturated heterocycles. The van der Waals surface area contributed by atoms with Gasteiger partial charge in [0.2, 0.25) is 0 Å². The molecule has 5 heteroatoms. The van der Waals surface area contributed by atoms with Crippen LogP contribution in [0.3, 0.4) is 0 Å². The number of phenolic OH excluding ortho intramolecular Hbond substituents is 1. The van der Waals surface area contributed by atoms with Gasteiger partial charge < -0.3 is 15.2 Å². The van der Waals surface area contributed by atoms with Crippen molar-refractivity contribution in [1.82, 2.24) is 4.98 Å². The van der Waals surface area contributed by atoms with Gasteiger partial charge in [-0.05, 0) is 41.8 Å². The molecule has 0 fully saturated rings. The Morgan fingerprint density at radius 3 is 2.62 bits per heavy atom. The molecule has 4 rings (SSSR count). The smallest absolute Gasteiger partial charge is 0.147 e. The van der Waals surface area contributed by atoms with Crippen LogP contribution >= 0.6 is 11.3 Å². The molecule has 1 unspecified atom stereocenters. The Kier molecular flexibility index (Phi) is 4.46. The normalized spacial score (nSPS) is 12.0. The molecule has 0 bridgehead atoms. The SMILES string of the molecule is COc1ccc(NC(c2cccs2)c2ccc3cccnc3c2O)cc1. The summed E-state index contributed by atoms with van der Waals surface area (Å²) in [5.74, 6) is 1.02. The van der Waals surface area contributed by atoms with Crippen LogP contribution in [0.5, 0.6) is 11.5 Å². The zero-order valence-corrected chi connectivity index (χ0v) is 15.0. The standard InChI is InChI=1S/C21H18N2O2S/c1-25-16-9-7-15(8-10-16)23-20(18-5-3-13-26-18)17-11-6-14-4-2-12-22-19(14)21(17)24/h2-13,20,23-24H,1H3. The van der Waals surface area contributed by atoms with E-state index in [9.17, 15) is 5.11 Å². The highest BCUT2D eigenvalue weighted by molar-refractivity contribution is 7.10. The highest BCUT2D eigenvalue weighted by Gasteiger charge is 2.20. The second-order valence-electron chi connectivity index (χ2n) is 5.90. The van der Waals surface area contributed by atoms with E-state index in [1.807, 2.05) is 60.0 Å². The molecule has 4 nitrogen and oxygen atoms in total. The first kappa shape index (κ1) is 16.4. The number of ether oxygens (including phenoxy) is 1. The zero-order chi connectivity index (χ0) is 17.9. The summed E-state index contributed by atoms with van der Waals surface area (Å²) in [6.07, 6.45) is 1.70. The average molecular weight is 362 g/mol. The maximum Gasteiger partial charge on any atom is 0.147 e. The molecule has 26 heavy (non-hydrogen) atoms. The first-order valence-corrected chi connectivity index (χ1v) is 9.15. The van der Waals surface area contributed by atoms with Gasteiger partial charge in [-0.25, -0.2) is 0 Å². The summed E-state index contributed by atoms with van der Waals surface area (Å²) in [6, 6.07) is 19.4. The first-order valence-electron chi connectivity index (χ1n) is 8.27. The third kappa shape index (κ3) is 3.09. The predicted octanol–water partition coefficient (Wildman–Crippen LogP) is 5.21. The Labute approximate surface area is 155 Å². The van der Waals surface area contributed by atoms with Crippen molar-refractivity contribution in [3.8, 4) is 11.5 Å². The lowest BCUT2D eigenvalue weighted by Crippen LogP contribution is -2.11. The lowest BCUT2D eigenvalue weighted by molar-refractivity contribution is 0.415. The van der Waals surface area contributed by atoms with Gasteiger partial charge >= 0.3 is 0 Å². The largest absolute Gasteiger partial charge is 0.505 e. The summed E-state index contributed by atoms with van der Waals surface area (Å²) in [5.41, 5.74) is 2.36. The van der Waals surface area contributed by atoms with Gasteiger partial charge in [0.15, 0.2) is 0 Å². The number of thiophene rings is 1. The van der Waals surface area contributed by atoms with Crippen LogP contribution in [0, 0.1) is 0 Å². The Hall–Kier alpha value is -3.05. The van der Waals surface area contributed by atoms with Crippen LogP contribution in [0.1, 0.15) is 16.5 Å². The van der Waals surface area contributed by atoms with Crippen molar-refractivity contribution in [3.63, 3.8) is 0 Å². The molecule has 130 valence electrons. The van der Waals surface area contributed by atoms with Crippen LogP contribution in [0.4, 0.5) is 5.69 Å². The summed E-state index contributed by atoms with van der Waals surface area (Å²) >= 11 is 1.65. The lowest BCUT2D eigenvalue weighted by Gasteiger charge is -2.21. The van der Waals surface area contributed by atoms with Crippen molar-refractivity contribution >= 4 is 27.9 Å². The van der Waals surface area contributed by atoms with Gasteiger partial charge in [0.25, 0.3) is 0 Å². The minimum atomic E-state index is -0.171. The van der Waals surface area contributed by atoms with Gasteiger partial charge in [-0.15, -0.1) is 11.3 Å². The monoisotopic (exact) mass is 362 g/mol. The summed E-state index contributed by atoms with van der Waals surface area (Å²) < 4.78 is 5.22. The molecule has 2 N–H and O–H groups in total. The number of nitrogens with zero attached hydrogens (tertiary/aromatic N) is 1. The van der Waals surface area contributed by atoms with Gasteiger partial charge in [0, 0.05) is 27.7 Å². The second-order valence-corrected chi connectivity index (χ2v) is 6.88. The number of phenols is 1. The van der Waals surface area contributed by atoms with Crippen LogP contribution in [0.25, 0.3) is 10.9 Å². The zero-order valence-electron chi connectivity index (χ0n) is 14.2. The predicted molar refractivity (Wildman–Crippen MR) is 106 cm³/mol. The van der Waals surface area contributed by atoms with Crippen molar-refractivity contribution < 1.29 is 9.84 Å². The molecule has 0 aliphatic rings. The van der Waals surface area contributed by atoms with Crippen molar-refractivity contribution in [3.05, 3.63) is 82.7 Å². The fourth-order valence-corrected chi connectivity index (χ4v) is 3.78. The van der Waals surface area contributed by atoms with E-state index in [-0.39, 0.29) is 11.8 Å². The Bertz CT molecular complexity index is 1010. The van der Waals surface area contributed by atoms with Crippen LogP contribution in [0.15, 0.2) is 72.2 Å². The van der Waals surface area contributed by atoms with Gasteiger partial charge in [0.05, 0.1) is 13.2 Å². The fraction of sp³-hybridized carbons (Fsp3) is 0.0952. The highest BCUT2D eigenvalue weighted by Crippen LogP contribution is 2.38. The number of aromatic hydroxyl groups is 1. The molecule has 2 aromatic heterocycles. The third-order valence-electron chi connectivity index (χ3n) is 4.32. The van der Waals surface area contributed by atoms with E-state index in [2.05, 4.69) is 16.4 Å². The Balaban J connectivity index is 1.77. The lowest BCUT2D eigenvalue weighted by atomic mass is 10.0. The van der Waals surface area contributed by atoms with Crippen molar-refractivity contribution in [2.24, 2.45) is 0 Å². The van der Waals surface area contributed by atoms with E-state index in [0.717, 1.165) is 27.3 Å². The molecule has 0 spiro atoms. The number of methoxy groups -OCH3 is 1. The first-order chi connectivity index (χ1) is 12.8. The van der Waals surface area contributed by atoms with E-state index in [4.69, 9.17) is 4.74 Å². The molecule has 1 atom stereocenters. The molecule has 2 heterocycles. The Morgan fingerprint density at radius 2 is 1.88 bits per heavy atom. The molecule has 0 radical (unpaired) electrons. The summed E-state index contributed by atoms with van der Waals surface area (Å²) in [6.45, 7) is 0. The van der Waals surface area contributed by atoms with Gasteiger partial charge in [-0.1, -0.05) is 24.3 Å². The molecular formula is C21H18N2O2S. The number of fused-ring (bicyclic) bond motifs is 1. The second kappa shape index (κ2) is 7.06. The van der Waals surface area contributed by atoms with E-state index in [0.29, 0.717) is 5.52 Å². The minimum absolute atomic E-state index is 0.171. The molecule has 2 aromatic carbocycles. The molecule has 0 amide bonds. The molecule has 0 aliphatic carbocycles. The van der Waals surface area contributed by atoms with E-state index >= 15 is 0 Å². The number of anilines is 1. The number of aromatic nitrogens is 1. The van der Waals surface area contributed by atoms with Crippen molar-refractivity contribution in [2.45, 2.75) is 6.04 Å². The highest BCUT2D eigenvalue weighted by atomic mass is 32.1. The van der Waals surface area contributed by atoms with Crippen LogP contribution < -0.4 is 10.1 Å². The van der Waals surface area contributed by atoms with Crippen molar-refractivity contribution in [2.75, 3.05) is 12.4 Å². The van der Waals surface area contributed by atoms with E-state index in [1.165, 1.54) is 0 Å². The van der Waals surface area contributed by atoms with E-state index in [1.54, 1.807) is 24.6 Å². The number of rotatable bonds is 5. The number of pyridine rings is 1. The minimum Gasteiger partial charge on any atom is -0.505 e. The fourth-order valence-electron chi connectivity index (χ4n) is 2.99. The maximum atomic E-state index is 10.9. The van der Waals surface area contributed by atoms with Crippen LogP contribution in [0.2, 0.25) is 0 Å². The number of hydrogen-bond donors (Lipinski definition) is 2. The summed E-state index contributed by atoms with van der Waals surface area (Å²) in [7, 11) is 1.65. The molecule has 0 aliphatic heterocycles. The number of benzene rings is 2. The molecule has 0 saturated carbocycles. The van der Waals surface area contributed by atoms with Gasteiger partial charge in [-0.3, -0.25) is 4.98 Å². The average Bonchev–Trinajstić information content (AvgIpc) is 3.22. The molecule has 4 aromatic rings. The van der Waals surface area contributed by atoms with Crippen LogP contribution in [-0.2, 0) is 0 Å². The topological polar surface area (TPSA) is 54.4 Å². The Morgan fingerprint density at radius 1 is 1.04 bits per heavy atom. The third-order valence-corrected chi connectivity index (χ3v) is 5.26.